The van der Waals surface area contributed by atoms with Gasteiger partial charge in [-0.2, -0.15) is 10.4 Å². The first-order valence-electron chi connectivity index (χ1n) is 6.41. The van der Waals surface area contributed by atoms with Gasteiger partial charge in [-0.3, -0.25) is 9.89 Å². The van der Waals surface area contributed by atoms with Gasteiger partial charge in [-0.15, -0.1) is 0 Å². The molecule has 0 aliphatic heterocycles. The second-order valence-electron chi connectivity index (χ2n) is 4.44. The molecule has 2 aromatic heterocycles. The predicted octanol–water partition coefficient (Wildman–Crippen LogP) is 2.42. The van der Waals surface area contributed by atoms with Gasteiger partial charge in [-0.1, -0.05) is 36.0 Å². The Balaban J connectivity index is 2.32. The first-order valence-corrected chi connectivity index (χ1v) is 7.64. The van der Waals surface area contributed by atoms with Crippen molar-refractivity contribution in [3.63, 3.8) is 0 Å². The average Bonchev–Trinajstić information content (AvgIpc) is 3.08. The molecule has 1 aromatic carbocycles. The van der Waals surface area contributed by atoms with Crippen LogP contribution in [0.5, 0.6) is 0 Å². The molecule has 0 radical (unpaired) electrons. The molecular formula is C15H11N5OS. The molecule has 0 unspecified atom stereocenters. The maximum atomic E-state index is 12.1. The fourth-order valence-electron chi connectivity index (χ4n) is 2.19. The number of H-pyrrole nitrogens is 2. The van der Waals surface area contributed by atoms with E-state index in [4.69, 9.17) is 0 Å². The SMILES string of the molecule is CSc1nc(-c2ccccc2-c2cn[nH]c2)c(C#N)c(=O)[nH]1. The van der Waals surface area contributed by atoms with Crippen molar-refractivity contribution < 1.29 is 0 Å². The Bertz CT molecular complexity index is 908. The van der Waals surface area contributed by atoms with Crippen LogP contribution in [0.3, 0.4) is 0 Å². The summed E-state index contributed by atoms with van der Waals surface area (Å²) in [7, 11) is 0. The van der Waals surface area contributed by atoms with Gasteiger partial charge >= 0.3 is 0 Å². The van der Waals surface area contributed by atoms with E-state index in [1.54, 1.807) is 12.4 Å². The Morgan fingerprint density at radius 3 is 2.68 bits per heavy atom. The molecule has 0 atom stereocenters. The fraction of sp³-hybridized carbons (Fsp3) is 0.0667. The van der Waals surface area contributed by atoms with E-state index < -0.39 is 5.56 Å². The number of aromatic nitrogens is 4. The van der Waals surface area contributed by atoms with Crippen LogP contribution in [0.2, 0.25) is 0 Å². The maximum Gasteiger partial charge on any atom is 0.270 e. The molecular weight excluding hydrogens is 298 g/mol. The van der Waals surface area contributed by atoms with Crippen molar-refractivity contribution >= 4 is 11.8 Å². The molecule has 0 aliphatic carbocycles. The van der Waals surface area contributed by atoms with Crippen LogP contribution in [0, 0.1) is 11.3 Å². The molecule has 0 saturated heterocycles. The maximum absolute atomic E-state index is 12.1. The Labute approximate surface area is 130 Å². The van der Waals surface area contributed by atoms with Crippen molar-refractivity contribution in [3.05, 3.63) is 52.6 Å². The molecule has 2 N–H and O–H groups in total. The van der Waals surface area contributed by atoms with Crippen molar-refractivity contribution in [2.75, 3.05) is 6.26 Å². The summed E-state index contributed by atoms with van der Waals surface area (Å²) >= 11 is 1.32. The van der Waals surface area contributed by atoms with E-state index in [0.717, 1.165) is 16.7 Å². The molecule has 0 saturated carbocycles. The topological polar surface area (TPSA) is 98.2 Å². The Morgan fingerprint density at radius 2 is 2.05 bits per heavy atom. The largest absolute Gasteiger partial charge is 0.300 e. The second-order valence-corrected chi connectivity index (χ2v) is 5.24. The van der Waals surface area contributed by atoms with E-state index in [0.29, 0.717) is 10.9 Å². The van der Waals surface area contributed by atoms with Gasteiger partial charge in [0.15, 0.2) is 5.16 Å². The average molecular weight is 309 g/mol. The van der Waals surface area contributed by atoms with Crippen LogP contribution < -0.4 is 5.56 Å². The highest BCUT2D eigenvalue weighted by atomic mass is 32.2. The quantitative estimate of drug-likeness (QED) is 0.572. The summed E-state index contributed by atoms with van der Waals surface area (Å²) in [5, 5.41) is 16.5. The van der Waals surface area contributed by atoms with Crippen molar-refractivity contribution in [3.8, 4) is 28.5 Å². The molecule has 0 amide bonds. The zero-order chi connectivity index (χ0) is 15.5. The molecule has 6 nitrogen and oxygen atoms in total. The van der Waals surface area contributed by atoms with Crippen molar-refractivity contribution in [1.82, 2.24) is 20.2 Å². The highest BCUT2D eigenvalue weighted by Gasteiger charge is 2.16. The normalized spacial score (nSPS) is 10.4. The lowest BCUT2D eigenvalue weighted by molar-refractivity contribution is 0.938. The van der Waals surface area contributed by atoms with Crippen LogP contribution in [0.25, 0.3) is 22.4 Å². The van der Waals surface area contributed by atoms with Gasteiger partial charge in [0.1, 0.15) is 11.6 Å². The molecule has 0 aliphatic rings. The Hall–Kier alpha value is -2.85. The van der Waals surface area contributed by atoms with E-state index in [9.17, 15) is 10.1 Å². The summed E-state index contributed by atoms with van der Waals surface area (Å²) in [5.41, 5.74) is 2.41. The number of nitrogens with one attached hydrogen (secondary N) is 2. The van der Waals surface area contributed by atoms with E-state index in [1.165, 1.54) is 11.8 Å². The highest BCUT2D eigenvalue weighted by molar-refractivity contribution is 7.98. The van der Waals surface area contributed by atoms with Crippen LogP contribution in [-0.4, -0.2) is 26.4 Å². The number of aromatic amines is 2. The number of hydrogen-bond donors (Lipinski definition) is 2. The molecule has 2 heterocycles. The van der Waals surface area contributed by atoms with Gasteiger partial charge in [0, 0.05) is 17.3 Å². The third-order valence-corrected chi connectivity index (χ3v) is 3.77. The van der Waals surface area contributed by atoms with E-state index in [1.807, 2.05) is 36.6 Å². The van der Waals surface area contributed by atoms with Crippen LogP contribution in [0.4, 0.5) is 0 Å². The summed E-state index contributed by atoms with van der Waals surface area (Å²) in [6.45, 7) is 0. The van der Waals surface area contributed by atoms with Gasteiger partial charge in [0.25, 0.3) is 5.56 Å². The molecule has 108 valence electrons. The summed E-state index contributed by atoms with van der Waals surface area (Å²) in [6, 6.07) is 9.43. The van der Waals surface area contributed by atoms with Gasteiger partial charge in [0.05, 0.1) is 11.9 Å². The third-order valence-electron chi connectivity index (χ3n) is 3.19. The highest BCUT2D eigenvalue weighted by Crippen LogP contribution is 2.31. The minimum absolute atomic E-state index is 0.00810. The van der Waals surface area contributed by atoms with E-state index >= 15 is 0 Å². The molecule has 0 bridgehead atoms. The second kappa shape index (κ2) is 5.87. The number of nitriles is 1. The van der Waals surface area contributed by atoms with Crippen LogP contribution in [0.1, 0.15) is 5.56 Å². The third kappa shape index (κ3) is 2.40. The molecule has 0 spiro atoms. The van der Waals surface area contributed by atoms with Gasteiger partial charge in [-0.05, 0) is 11.8 Å². The van der Waals surface area contributed by atoms with E-state index in [-0.39, 0.29) is 5.56 Å². The number of thioether (sulfide) groups is 1. The number of hydrogen-bond acceptors (Lipinski definition) is 5. The lowest BCUT2D eigenvalue weighted by atomic mass is 9.98. The summed E-state index contributed by atoms with van der Waals surface area (Å²) in [4.78, 5) is 19.1. The zero-order valence-electron chi connectivity index (χ0n) is 11.6. The van der Waals surface area contributed by atoms with Crippen LogP contribution in [0.15, 0.2) is 46.6 Å². The minimum Gasteiger partial charge on any atom is -0.300 e. The molecule has 7 heteroatoms. The molecule has 22 heavy (non-hydrogen) atoms. The molecule has 3 aromatic rings. The fourth-order valence-corrected chi connectivity index (χ4v) is 2.56. The number of nitrogens with zero attached hydrogens (tertiary/aromatic N) is 3. The van der Waals surface area contributed by atoms with Crippen molar-refractivity contribution in [2.24, 2.45) is 0 Å². The Morgan fingerprint density at radius 1 is 1.27 bits per heavy atom. The monoisotopic (exact) mass is 309 g/mol. The number of rotatable bonds is 3. The number of benzene rings is 1. The van der Waals surface area contributed by atoms with Crippen LogP contribution in [-0.2, 0) is 0 Å². The first kappa shape index (κ1) is 14.1. The van der Waals surface area contributed by atoms with Gasteiger partial charge < -0.3 is 4.98 Å². The Kier molecular flexibility index (Phi) is 3.76. The van der Waals surface area contributed by atoms with Crippen molar-refractivity contribution in [1.29, 1.82) is 5.26 Å². The van der Waals surface area contributed by atoms with Crippen molar-refractivity contribution in [2.45, 2.75) is 5.16 Å². The summed E-state index contributed by atoms with van der Waals surface area (Å²) < 4.78 is 0. The zero-order valence-corrected chi connectivity index (χ0v) is 12.4. The summed E-state index contributed by atoms with van der Waals surface area (Å²) in [6.07, 6.45) is 5.26. The standard InChI is InChI=1S/C15H11N5OS/c1-22-15-19-13(12(6-16)14(21)20-15)11-5-3-2-4-10(11)9-7-17-18-8-9/h2-5,7-8H,1H3,(H,17,18)(H,19,20,21). The van der Waals surface area contributed by atoms with E-state index in [2.05, 4.69) is 20.2 Å². The molecule has 0 fully saturated rings. The predicted molar refractivity (Wildman–Crippen MR) is 84.4 cm³/mol. The smallest absolute Gasteiger partial charge is 0.270 e. The first-order chi connectivity index (χ1) is 10.7. The molecule has 3 rings (SSSR count). The summed E-state index contributed by atoms with van der Waals surface area (Å²) in [5.74, 6) is 0. The lowest BCUT2D eigenvalue weighted by Crippen LogP contribution is -2.14. The van der Waals surface area contributed by atoms with Gasteiger partial charge in [-0.25, -0.2) is 4.98 Å². The lowest BCUT2D eigenvalue weighted by Gasteiger charge is -2.09. The minimum atomic E-state index is -0.432. The van der Waals surface area contributed by atoms with Gasteiger partial charge in [0.2, 0.25) is 0 Å². The van der Waals surface area contributed by atoms with Crippen LogP contribution >= 0.6 is 11.8 Å².